The van der Waals surface area contributed by atoms with Crippen molar-refractivity contribution in [3.63, 3.8) is 0 Å². The van der Waals surface area contributed by atoms with Gasteiger partial charge < -0.3 is 25.2 Å². The fraction of sp³-hybridized carbons (Fsp3) is 0.370. The smallest absolute Gasteiger partial charge is 0.407 e. The predicted molar refractivity (Wildman–Crippen MR) is 128 cm³/mol. The molecule has 2 unspecified atom stereocenters. The molecule has 182 valence electrons. The van der Waals surface area contributed by atoms with Crippen molar-refractivity contribution in [2.75, 3.05) is 13.2 Å². The van der Waals surface area contributed by atoms with Gasteiger partial charge in [0.05, 0.1) is 12.0 Å². The van der Waals surface area contributed by atoms with Gasteiger partial charge in [-0.05, 0) is 41.5 Å². The van der Waals surface area contributed by atoms with Crippen molar-refractivity contribution in [3.05, 3.63) is 71.8 Å². The van der Waals surface area contributed by atoms with Crippen LogP contribution < -0.4 is 10.6 Å². The van der Waals surface area contributed by atoms with Crippen LogP contribution in [0.15, 0.2) is 60.7 Å². The number of rotatable bonds is 6. The number of amides is 2. The molecule has 0 saturated carbocycles. The minimum atomic E-state index is -0.875. The zero-order chi connectivity index (χ0) is 24.4. The Balaban J connectivity index is 1.17. The fourth-order valence-electron chi connectivity index (χ4n) is 5.25. The number of benzene rings is 2. The molecule has 35 heavy (non-hydrogen) atoms. The SMILES string of the molecule is O=C(N[C@@H]1CCO[C@@H]1C(=O)NC1C=CCC(C(=O)O)C1)OCC1c2ccccc2-c2ccccc21. The van der Waals surface area contributed by atoms with E-state index in [4.69, 9.17) is 9.47 Å². The highest BCUT2D eigenvalue weighted by molar-refractivity contribution is 5.83. The summed E-state index contributed by atoms with van der Waals surface area (Å²) in [7, 11) is 0. The molecule has 0 aromatic heterocycles. The summed E-state index contributed by atoms with van der Waals surface area (Å²) >= 11 is 0. The second kappa shape index (κ2) is 9.92. The number of carbonyl (C=O) groups excluding carboxylic acids is 2. The number of allylic oxidation sites excluding steroid dienone is 1. The Bertz CT molecular complexity index is 1120. The highest BCUT2D eigenvalue weighted by atomic mass is 16.6. The van der Waals surface area contributed by atoms with Crippen molar-refractivity contribution in [2.24, 2.45) is 5.92 Å². The van der Waals surface area contributed by atoms with E-state index in [9.17, 15) is 19.5 Å². The highest BCUT2D eigenvalue weighted by Crippen LogP contribution is 2.44. The van der Waals surface area contributed by atoms with Gasteiger partial charge in [-0.2, -0.15) is 0 Å². The maximum atomic E-state index is 12.8. The minimum Gasteiger partial charge on any atom is -0.481 e. The van der Waals surface area contributed by atoms with Gasteiger partial charge in [0.15, 0.2) is 6.10 Å². The van der Waals surface area contributed by atoms with Crippen molar-refractivity contribution in [2.45, 2.75) is 43.4 Å². The topological polar surface area (TPSA) is 114 Å². The summed E-state index contributed by atoms with van der Waals surface area (Å²) < 4.78 is 11.2. The largest absolute Gasteiger partial charge is 0.481 e. The molecule has 5 rings (SSSR count). The Kier molecular flexibility index (Phi) is 6.55. The Morgan fingerprint density at radius 1 is 1.00 bits per heavy atom. The average Bonchev–Trinajstić information content (AvgIpc) is 3.45. The molecule has 2 aromatic carbocycles. The molecule has 1 heterocycles. The lowest BCUT2D eigenvalue weighted by Gasteiger charge is -2.25. The third kappa shape index (κ3) is 4.79. The third-order valence-electron chi connectivity index (χ3n) is 7.00. The Morgan fingerprint density at radius 3 is 2.37 bits per heavy atom. The maximum absolute atomic E-state index is 12.8. The molecule has 8 nitrogen and oxygen atoms in total. The van der Waals surface area contributed by atoms with E-state index >= 15 is 0 Å². The molecule has 2 aromatic rings. The molecule has 8 heteroatoms. The lowest BCUT2D eigenvalue weighted by Crippen LogP contribution is -2.51. The Morgan fingerprint density at radius 2 is 1.69 bits per heavy atom. The van der Waals surface area contributed by atoms with E-state index in [0.717, 1.165) is 22.3 Å². The number of aliphatic carboxylic acids is 1. The van der Waals surface area contributed by atoms with Crippen LogP contribution in [-0.2, 0) is 19.1 Å². The summed E-state index contributed by atoms with van der Waals surface area (Å²) in [6.07, 6.45) is 3.40. The average molecular weight is 477 g/mol. The minimum absolute atomic E-state index is 0.0488. The van der Waals surface area contributed by atoms with Crippen LogP contribution in [-0.4, -0.2) is 54.5 Å². The van der Waals surface area contributed by atoms with Gasteiger partial charge in [-0.25, -0.2) is 4.79 Å². The molecule has 2 amide bonds. The number of nitrogens with one attached hydrogen (secondary N) is 2. The van der Waals surface area contributed by atoms with Crippen LogP contribution in [0.4, 0.5) is 4.79 Å². The molecule has 0 spiro atoms. The van der Waals surface area contributed by atoms with E-state index in [2.05, 4.69) is 34.9 Å². The maximum Gasteiger partial charge on any atom is 0.407 e. The van der Waals surface area contributed by atoms with Gasteiger partial charge in [-0.3, -0.25) is 9.59 Å². The Labute approximate surface area is 203 Å². The number of ether oxygens (including phenoxy) is 2. The lowest BCUT2D eigenvalue weighted by atomic mass is 9.91. The van der Waals surface area contributed by atoms with Gasteiger partial charge in [0.2, 0.25) is 0 Å². The van der Waals surface area contributed by atoms with Gasteiger partial charge in [0.25, 0.3) is 5.91 Å². The van der Waals surface area contributed by atoms with Crippen LogP contribution in [0.3, 0.4) is 0 Å². The van der Waals surface area contributed by atoms with Crippen LogP contribution >= 0.6 is 0 Å². The summed E-state index contributed by atoms with van der Waals surface area (Å²) in [5.41, 5.74) is 4.56. The molecule has 1 saturated heterocycles. The first-order valence-corrected chi connectivity index (χ1v) is 11.9. The van der Waals surface area contributed by atoms with Crippen LogP contribution in [0.5, 0.6) is 0 Å². The number of carbonyl (C=O) groups is 3. The van der Waals surface area contributed by atoms with Crippen LogP contribution in [0, 0.1) is 5.92 Å². The molecular formula is C27H28N2O6. The number of fused-ring (bicyclic) bond motifs is 3. The second-order valence-corrected chi connectivity index (χ2v) is 9.21. The second-order valence-electron chi connectivity index (χ2n) is 9.21. The van der Waals surface area contributed by atoms with E-state index in [0.29, 0.717) is 25.9 Å². The van der Waals surface area contributed by atoms with E-state index in [1.807, 2.05) is 24.3 Å². The summed E-state index contributed by atoms with van der Waals surface area (Å²) in [4.78, 5) is 36.7. The molecule has 2 aliphatic carbocycles. The van der Waals surface area contributed by atoms with E-state index in [1.165, 1.54) is 0 Å². The van der Waals surface area contributed by atoms with Crippen molar-refractivity contribution < 1.29 is 29.0 Å². The summed E-state index contributed by atoms with van der Waals surface area (Å²) in [5.74, 6) is -1.82. The number of carboxylic acids is 1. The van der Waals surface area contributed by atoms with Crippen molar-refractivity contribution >= 4 is 18.0 Å². The third-order valence-corrected chi connectivity index (χ3v) is 7.00. The van der Waals surface area contributed by atoms with Crippen LogP contribution in [0.1, 0.15) is 36.3 Å². The first kappa shape index (κ1) is 23.1. The van der Waals surface area contributed by atoms with Crippen LogP contribution in [0.2, 0.25) is 0 Å². The molecule has 3 aliphatic rings. The molecule has 4 atom stereocenters. The molecule has 1 aliphatic heterocycles. The fourth-order valence-corrected chi connectivity index (χ4v) is 5.25. The van der Waals surface area contributed by atoms with E-state index < -0.39 is 30.1 Å². The first-order chi connectivity index (χ1) is 17.0. The Hall–Kier alpha value is -3.65. The number of alkyl carbamates (subject to hydrolysis) is 1. The number of hydrogen-bond acceptors (Lipinski definition) is 5. The normalized spacial score (nSPS) is 24.9. The molecule has 0 bridgehead atoms. The van der Waals surface area contributed by atoms with Gasteiger partial charge >= 0.3 is 12.1 Å². The zero-order valence-electron chi connectivity index (χ0n) is 19.2. The molecule has 1 fully saturated rings. The number of hydrogen-bond donors (Lipinski definition) is 3. The van der Waals surface area contributed by atoms with Gasteiger partial charge in [0.1, 0.15) is 6.61 Å². The molecule has 3 N–H and O–H groups in total. The van der Waals surface area contributed by atoms with Crippen LogP contribution in [0.25, 0.3) is 11.1 Å². The zero-order valence-corrected chi connectivity index (χ0v) is 19.2. The molecular weight excluding hydrogens is 448 g/mol. The van der Waals surface area contributed by atoms with Gasteiger partial charge in [-0.1, -0.05) is 60.7 Å². The van der Waals surface area contributed by atoms with E-state index in [1.54, 1.807) is 12.2 Å². The van der Waals surface area contributed by atoms with Crippen molar-refractivity contribution in [1.29, 1.82) is 0 Å². The van der Waals surface area contributed by atoms with Crippen molar-refractivity contribution in [3.8, 4) is 11.1 Å². The highest BCUT2D eigenvalue weighted by Gasteiger charge is 2.37. The predicted octanol–water partition coefficient (Wildman–Crippen LogP) is 3.22. The van der Waals surface area contributed by atoms with E-state index in [-0.39, 0.29) is 24.5 Å². The number of carboxylic acid groups (broad SMARTS) is 1. The standard InChI is InChI=1S/C27H28N2O6/c30-25(28-17-7-5-6-16(14-17)26(31)32)24-23(12-13-34-24)29-27(33)35-15-22-20-10-3-1-8-18(20)19-9-2-4-11-21(19)22/h1-5,7-11,16-17,22-24H,6,12-15H2,(H,28,30)(H,29,33)(H,31,32)/t16?,17?,23-,24+/m1/s1. The van der Waals surface area contributed by atoms with Gasteiger partial charge in [0, 0.05) is 18.6 Å². The summed E-state index contributed by atoms with van der Waals surface area (Å²) in [6.45, 7) is 0.526. The molecule has 0 radical (unpaired) electrons. The lowest BCUT2D eigenvalue weighted by molar-refractivity contribution is -0.142. The first-order valence-electron chi connectivity index (χ1n) is 11.9. The monoisotopic (exact) mass is 476 g/mol. The summed E-state index contributed by atoms with van der Waals surface area (Å²) in [6, 6.07) is 15.3. The van der Waals surface area contributed by atoms with Crippen molar-refractivity contribution in [1.82, 2.24) is 10.6 Å². The summed E-state index contributed by atoms with van der Waals surface area (Å²) in [5, 5.41) is 14.9. The van der Waals surface area contributed by atoms with Gasteiger partial charge in [-0.15, -0.1) is 0 Å². The quantitative estimate of drug-likeness (QED) is 0.552.